The molecule has 0 bridgehead atoms. The highest BCUT2D eigenvalue weighted by Crippen LogP contribution is 2.39. The van der Waals surface area contributed by atoms with Crippen LogP contribution < -0.4 is 4.74 Å². The number of benzene rings is 1. The molecule has 0 saturated carbocycles. The summed E-state index contributed by atoms with van der Waals surface area (Å²) in [6, 6.07) is 5.09. The summed E-state index contributed by atoms with van der Waals surface area (Å²) in [5, 5.41) is 28.9. The van der Waals surface area contributed by atoms with Crippen molar-refractivity contribution in [3.05, 3.63) is 29.3 Å². The first-order valence-corrected chi connectivity index (χ1v) is 5.24. The molecule has 1 aromatic rings. The minimum absolute atomic E-state index is 0.0977. The van der Waals surface area contributed by atoms with Gasteiger partial charge in [0.15, 0.2) is 0 Å². The van der Waals surface area contributed by atoms with E-state index in [1.54, 1.807) is 32.0 Å². The Kier molecular flexibility index (Phi) is 2.66. The van der Waals surface area contributed by atoms with Gasteiger partial charge in [0.25, 0.3) is 0 Å². The third-order valence-corrected chi connectivity index (χ3v) is 2.96. The lowest BCUT2D eigenvalue weighted by Gasteiger charge is -2.40. The minimum atomic E-state index is -0.981. The van der Waals surface area contributed by atoms with E-state index in [1.165, 1.54) is 0 Å². The van der Waals surface area contributed by atoms with E-state index in [4.69, 9.17) is 9.84 Å². The lowest BCUT2D eigenvalue weighted by atomic mass is 9.88. The van der Waals surface area contributed by atoms with Crippen LogP contribution in [0.1, 0.15) is 31.1 Å². The molecule has 0 aromatic heterocycles. The van der Waals surface area contributed by atoms with Gasteiger partial charge in [0.05, 0.1) is 6.61 Å². The summed E-state index contributed by atoms with van der Waals surface area (Å²) in [6.07, 6.45) is -1.96. The monoisotopic (exact) mass is 224 g/mol. The normalized spacial score (nSPS) is 27.1. The van der Waals surface area contributed by atoms with E-state index >= 15 is 0 Å². The van der Waals surface area contributed by atoms with E-state index in [2.05, 4.69) is 0 Å². The first-order chi connectivity index (χ1) is 7.45. The summed E-state index contributed by atoms with van der Waals surface area (Å²) < 4.78 is 5.61. The zero-order valence-electron chi connectivity index (χ0n) is 9.34. The van der Waals surface area contributed by atoms with Crippen LogP contribution in [-0.2, 0) is 6.61 Å². The fourth-order valence-electron chi connectivity index (χ4n) is 1.91. The van der Waals surface area contributed by atoms with E-state index in [-0.39, 0.29) is 6.61 Å². The highest BCUT2D eigenvalue weighted by Gasteiger charge is 2.42. The second-order valence-corrected chi connectivity index (χ2v) is 4.63. The number of aliphatic hydroxyl groups is 3. The Morgan fingerprint density at radius 1 is 1.31 bits per heavy atom. The fraction of sp³-hybridized carbons (Fsp3) is 0.500. The Labute approximate surface area is 94.1 Å². The number of hydrogen-bond donors (Lipinski definition) is 3. The van der Waals surface area contributed by atoms with Gasteiger partial charge in [-0.3, -0.25) is 0 Å². The lowest BCUT2D eigenvalue weighted by molar-refractivity contribution is -0.111. The van der Waals surface area contributed by atoms with Gasteiger partial charge in [-0.1, -0.05) is 6.07 Å². The molecule has 1 heterocycles. The molecule has 0 fully saturated rings. The topological polar surface area (TPSA) is 69.9 Å². The molecule has 0 amide bonds. The van der Waals surface area contributed by atoms with Crippen molar-refractivity contribution < 1.29 is 20.1 Å². The van der Waals surface area contributed by atoms with Gasteiger partial charge in [-0.2, -0.15) is 0 Å². The van der Waals surface area contributed by atoms with Gasteiger partial charge in [0, 0.05) is 5.56 Å². The van der Waals surface area contributed by atoms with Crippen molar-refractivity contribution in [1.29, 1.82) is 0 Å². The zero-order valence-corrected chi connectivity index (χ0v) is 9.34. The molecular weight excluding hydrogens is 208 g/mol. The summed E-state index contributed by atoms with van der Waals surface area (Å²) in [4.78, 5) is 0. The molecule has 0 unspecified atom stereocenters. The third-order valence-electron chi connectivity index (χ3n) is 2.96. The number of hydrogen-bond acceptors (Lipinski definition) is 4. The summed E-state index contributed by atoms with van der Waals surface area (Å²) in [6.45, 7) is 3.35. The maximum atomic E-state index is 9.97. The van der Waals surface area contributed by atoms with Gasteiger partial charge in [0.1, 0.15) is 23.6 Å². The molecule has 1 aliphatic rings. The SMILES string of the molecule is CC1(C)Oc2ccc(CO)cc2[C@H](O)[C@H]1O. The molecule has 0 radical (unpaired) electrons. The smallest absolute Gasteiger partial charge is 0.132 e. The molecule has 3 N–H and O–H groups in total. The number of aliphatic hydroxyl groups excluding tert-OH is 3. The van der Waals surface area contributed by atoms with Gasteiger partial charge in [0.2, 0.25) is 0 Å². The number of ether oxygens (including phenoxy) is 1. The highest BCUT2D eigenvalue weighted by molar-refractivity contribution is 5.41. The maximum Gasteiger partial charge on any atom is 0.132 e. The van der Waals surface area contributed by atoms with Crippen LogP contribution in [0.2, 0.25) is 0 Å². The van der Waals surface area contributed by atoms with E-state index in [0.717, 1.165) is 0 Å². The molecule has 1 aromatic carbocycles. The van der Waals surface area contributed by atoms with Crippen molar-refractivity contribution in [2.24, 2.45) is 0 Å². The van der Waals surface area contributed by atoms with Crippen LogP contribution in [0, 0.1) is 0 Å². The maximum absolute atomic E-state index is 9.97. The van der Waals surface area contributed by atoms with Crippen molar-refractivity contribution in [1.82, 2.24) is 0 Å². The molecule has 88 valence electrons. The quantitative estimate of drug-likeness (QED) is 0.658. The summed E-state index contributed by atoms with van der Waals surface area (Å²) in [5.41, 5.74) is 0.402. The molecule has 2 rings (SSSR count). The number of rotatable bonds is 1. The van der Waals surface area contributed by atoms with E-state index in [0.29, 0.717) is 16.9 Å². The fourth-order valence-corrected chi connectivity index (χ4v) is 1.91. The van der Waals surface area contributed by atoms with Crippen molar-refractivity contribution >= 4 is 0 Å². The summed E-state index contributed by atoms with van der Waals surface area (Å²) in [7, 11) is 0. The molecule has 0 saturated heterocycles. The second kappa shape index (κ2) is 3.73. The molecule has 4 heteroatoms. The Bertz CT molecular complexity index is 400. The Balaban J connectivity index is 2.47. The predicted molar refractivity (Wildman–Crippen MR) is 58.0 cm³/mol. The number of fused-ring (bicyclic) bond motifs is 1. The molecule has 2 atom stereocenters. The van der Waals surface area contributed by atoms with E-state index in [9.17, 15) is 10.2 Å². The van der Waals surface area contributed by atoms with E-state index in [1.807, 2.05) is 0 Å². The van der Waals surface area contributed by atoms with Crippen molar-refractivity contribution in [3.8, 4) is 5.75 Å². The first kappa shape index (κ1) is 11.4. The van der Waals surface area contributed by atoms with Crippen LogP contribution in [0.15, 0.2) is 18.2 Å². The largest absolute Gasteiger partial charge is 0.485 e. The molecular formula is C12H16O4. The van der Waals surface area contributed by atoms with E-state index < -0.39 is 17.8 Å². The molecule has 0 spiro atoms. The van der Waals surface area contributed by atoms with Gasteiger partial charge < -0.3 is 20.1 Å². The van der Waals surface area contributed by atoms with Crippen LogP contribution in [0.4, 0.5) is 0 Å². The van der Waals surface area contributed by atoms with Crippen LogP contribution >= 0.6 is 0 Å². The average molecular weight is 224 g/mol. The van der Waals surface area contributed by atoms with Crippen LogP contribution in [-0.4, -0.2) is 27.0 Å². The van der Waals surface area contributed by atoms with Crippen molar-refractivity contribution in [2.75, 3.05) is 0 Å². The van der Waals surface area contributed by atoms with Crippen LogP contribution in [0.5, 0.6) is 5.75 Å². The molecule has 16 heavy (non-hydrogen) atoms. The Morgan fingerprint density at radius 3 is 2.62 bits per heavy atom. The zero-order chi connectivity index (χ0) is 11.9. The van der Waals surface area contributed by atoms with Crippen LogP contribution in [0.25, 0.3) is 0 Å². The molecule has 1 aliphatic heterocycles. The second-order valence-electron chi connectivity index (χ2n) is 4.63. The first-order valence-electron chi connectivity index (χ1n) is 5.24. The average Bonchev–Trinajstić information content (AvgIpc) is 2.25. The predicted octanol–water partition coefficient (Wildman–Crippen LogP) is 0.744. The molecule has 0 aliphatic carbocycles. The van der Waals surface area contributed by atoms with Gasteiger partial charge >= 0.3 is 0 Å². The summed E-state index contributed by atoms with van der Waals surface area (Å²) in [5.74, 6) is 0.556. The Hall–Kier alpha value is -1.10. The van der Waals surface area contributed by atoms with Crippen molar-refractivity contribution in [3.63, 3.8) is 0 Å². The summed E-state index contributed by atoms with van der Waals surface area (Å²) >= 11 is 0. The molecule has 4 nitrogen and oxygen atoms in total. The van der Waals surface area contributed by atoms with Gasteiger partial charge in [-0.25, -0.2) is 0 Å². The lowest BCUT2D eigenvalue weighted by Crippen LogP contribution is -2.48. The highest BCUT2D eigenvalue weighted by atomic mass is 16.5. The standard InChI is InChI=1S/C12H16O4/c1-12(2)11(15)10(14)8-5-7(6-13)3-4-9(8)16-12/h3-5,10-11,13-15H,6H2,1-2H3/t10-,11+/m0/s1. The minimum Gasteiger partial charge on any atom is -0.485 e. The third kappa shape index (κ3) is 1.69. The Morgan fingerprint density at radius 2 is 2.00 bits per heavy atom. The van der Waals surface area contributed by atoms with Gasteiger partial charge in [-0.05, 0) is 31.5 Å². The van der Waals surface area contributed by atoms with Crippen molar-refractivity contribution in [2.45, 2.75) is 38.3 Å². The van der Waals surface area contributed by atoms with Crippen LogP contribution in [0.3, 0.4) is 0 Å². The van der Waals surface area contributed by atoms with Gasteiger partial charge in [-0.15, -0.1) is 0 Å².